The van der Waals surface area contributed by atoms with Gasteiger partial charge in [-0.05, 0) is 30.5 Å². The summed E-state index contributed by atoms with van der Waals surface area (Å²) in [7, 11) is -2.64. The van der Waals surface area contributed by atoms with Crippen molar-refractivity contribution in [1.82, 2.24) is 10.0 Å². The minimum absolute atomic E-state index is 0.143. The van der Waals surface area contributed by atoms with Gasteiger partial charge in [0.2, 0.25) is 15.9 Å². The summed E-state index contributed by atoms with van der Waals surface area (Å²) in [4.78, 5) is 12.0. The Kier molecular flexibility index (Phi) is 7.90. The van der Waals surface area contributed by atoms with Crippen molar-refractivity contribution in [3.8, 4) is 0 Å². The zero-order valence-corrected chi connectivity index (χ0v) is 15.8. The average molecular weight is 394 g/mol. The van der Waals surface area contributed by atoms with Crippen molar-refractivity contribution in [1.29, 1.82) is 0 Å². The molecule has 8 heteroatoms. The highest BCUT2D eigenvalue weighted by molar-refractivity contribution is 7.89. The number of carbonyl (C=O) groups excluding carboxylic acids is 1. The first-order valence-electron chi connectivity index (χ1n) is 8.51. The first-order chi connectivity index (χ1) is 12.9. The third kappa shape index (κ3) is 6.42. The second-order valence-corrected chi connectivity index (χ2v) is 7.61. The molecule has 2 aromatic carbocycles. The lowest BCUT2D eigenvalue weighted by Crippen LogP contribution is -2.48. The fourth-order valence-electron chi connectivity index (χ4n) is 2.50. The number of ether oxygens (including phenoxy) is 1. The summed E-state index contributed by atoms with van der Waals surface area (Å²) in [6.45, 7) is 0.823. The number of hydrogen-bond donors (Lipinski definition) is 2. The van der Waals surface area contributed by atoms with Gasteiger partial charge in [0.1, 0.15) is 16.8 Å². The highest BCUT2D eigenvalue weighted by Gasteiger charge is 2.27. The van der Waals surface area contributed by atoms with Crippen LogP contribution >= 0.6 is 0 Å². The molecule has 2 rings (SSSR count). The van der Waals surface area contributed by atoms with Crippen LogP contribution in [0.4, 0.5) is 4.39 Å². The molecule has 2 aromatic rings. The van der Waals surface area contributed by atoms with Crippen LogP contribution in [0, 0.1) is 5.82 Å². The van der Waals surface area contributed by atoms with E-state index in [-0.39, 0.29) is 6.42 Å². The van der Waals surface area contributed by atoms with Crippen molar-refractivity contribution >= 4 is 15.9 Å². The summed E-state index contributed by atoms with van der Waals surface area (Å²) in [5.41, 5.74) is 0.783. The van der Waals surface area contributed by atoms with E-state index >= 15 is 0 Å². The van der Waals surface area contributed by atoms with Crippen LogP contribution in [-0.4, -0.2) is 40.6 Å². The fourth-order valence-corrected chi connectivity index (χ4v) is 3.78. The zero-order valence-electron chi connectivity index (χ0n) is 15.0. The third-order valence-corrected chi connectivity index (χ3v) is 5.35. The van der Waals surface area contributed by atoms with Gasteiger partial charge in [-0.1, -0.05) is 42.5 Å². The van der Waals surface area contributed by atoms with Crippen molar-refractivity contribution in [2.24, 2.45) is 0 Å². The summed E-state index contributed by atoms with van der Waals surface area (Å²) in [6, 6.07) is 13.0. The molecule has 0 radical (unpaired) electrons. The van der Waals surface area contributed by atoms with Crippen LogP contribution in [0.25, 0.3) is 0 Å². The molecule has 1 amide bonds. The smallest absolute Gasteiger partial charge is 0.244 e. The van der Waals surface area contributed by atoms with Gasteiger partial charge in [-0.3, -0.25) is 4.79 Å². The van der Waals surface area contributed by atoms with Crippen LogP contribution in [0.5, 0.6) is 0 Å². The van der Waals surface area contributed by atoms with Gasteiger partial charge >= 0.3 is 0 Å². The van der Waals surface area contributed by atoms with E-state index in [2.05, 4.69) is 10.0 Å². The molecule has 1 atom stereocenters. The molecule has 0 spiro atoms. The lowest BCUT2D eigenvalue weighted by Gasteiger charge is -2.19. The Labute approximate surface area is 158 Å². The minimum atomic E-state index is -4.20. The van der Waals surface area contributed by atoms with Gasteiger partial charge in [-0.25, -0.2) is 12.8 Å². The van der Waals surface area contributed by atoms with Crippen molar-refractivity contribution < 1.29 is 22.3 Å². The van der Waals surface area contributed by atoms with Crippen molar-refractivity contribution in [2.45, 2.75) is 23.8 Å². The molecule has 0 aliphatic heterocycles. The van der Waals surface area contributed by atoms with E-state index in [0.29, 0.717) is 19.6 Å². The van der Waals surface area contributed by atoms with Crippen LogP contribution < -0.4 is 10.0 Å². The van der Waals surface area contributed by atoms with Gasteiger partial charge < -0.3 is 10.1 Å². The quantitative estimate of drug-likeness (QED) is 0.603. The van der Waals surface area contributed by atoms with Crippen LogP contribution in [-0.2, 0) is 26.0 Å². The van der Waals surface area contributed by atoms with Crippen molar-refractivity contribution in [2.75, 3.05) is 20.3 Å². The first kappa shape index (κ1) is 21.0. The summed E-state index contributed by atoms with van der Waals surface area (Å²) in [5.74, 6) is -1.35. The molecule has 0 saturated heterocycles. The van der Waals surface area contributed by atoms with Crippen molar-refractivity contribution in [3.05, 3.63) is 66.0 Å². The van der Waals surface area contributed by atoms with E-state index in [1.807, 2.05) is 6.07 Å². The largest absolute Gasteiger partial charge is 0.385 e. The molecule has 0 aromatic heterocycles. The van der Waals surface area contributed by atoms with Crippen molar-refractivity contribution in [3.63, 3.8) is 0 Å². The second kappa shape index (κ2) is 10.1. The number of sulfonamides is 1. The molecular weight excluding hydrogens is 371 g/mol. The third-order valence-electron chi connectivity index (χ3n) is 3.85. The van der Waals surface area contributed by atoms with Gasteiger partial charge in [-0.2, -0.15) is 4.72 Å². The molecule has 0 saturated carbocycles. The van der Waals surface area contributed by atoms with E-state index in [4.69, 9.17) is 4.74 Å². The Hall–Kier alpha value is -2.29. The Bertz CT molecular complexity index is 844. The first-order valence-corrected chi connectivity index (χ1v) is 10.00. The van der Waals surface area contributed by atoms with Gasteiger partial charge in [0.25, 0.3) is 0 Å². The predicted molar refractivity (Wildman–Crippen MR) is 100 cm³/mol. The number of benzene rings is 2. The van der Waals surface area contributed by atoms with Crippen LogP contribution in [0.15, 0.2) is 59.5 Å². The van der Waals surface area contributed by atoms with Gasteiger partial charge in [0.05, 0.1) is 0 Å². The number of nitrogens with one attached hydrogen (secondary N) is 2. The number of hydrogen-bond acceptors (Lipinski definition) is 4. The molecule has 27 heavy (non-hydrogen) atoms. The fraction of sp³-hybridized carbons (Fsp3) is 0.316. The standard InChI is InChI=1S/C19H23FN2O4S/c1-26-13-7-12-21-19(23)17(14-15-8-3-2-4-9-15)22-27(24,25)18-11-6-5-10-16(18)20/h2-6,8-11,17,22H,7,12-14H2,1H3,(H,21,23). The van der Waals surface area contributed by atoms with E-state index in [0.717, 1.165) is 17.7 Å². The number of amides is 1. The van der Waals surface area contributed by atoms with Gasteiger partial charge in [-0.15, -0.1) is 0 Å². The molecule has 146 valence electrons. The SMILES string of the molecule is COCCCNC(=O)C(Cc1ccccc1)NS(=O)(=O)c1ccccc1F. The highest BCUT2D eigenvalue weighted by Crippen LogP contribution is 2.15. The van der Waals surface area contributed by atoms with E-state index < -0.39 is 32.7 Å². The lowest BCUT2D eigenvalue weighted by molar-refractivity contribution is -0.122. The topological polar surface area (TPSA) is 84.5 Å². The maximum atomic E-state index is 13.9. The Morgan fingerprint density at radius 1 is 1.11 bits per heavy atom. The molecule has 0 heterocycles. The normalized spacial score (nSPS) is 12.5. The Morgan fingerprint density at radius 3 is 2.44 bits per heavy atom. The molecular formula is C19H23FN2O4S. The molecule has 0 bridgehead atoms. The summed E-state index contributed by atoms with van der Waals surface area (Å²) in [5, 5.41) is 2.69. The molecule has 0 aliphatic rings. The maximum absolute atomic E-state index is 13.9. The number of rotatable bonds is 10. The molecule has 0 fully saturated rings. The lowest BCUT2D eigenvalue weighted by atomic mass is 10.1. The molecule has 6 nitrogen and oxygen atoms in total. The monoisotopic (exact) mass is 394 g/mol. The number of carbonyl (C=O) groups is 1. The van der Waals surface area contributed by atoms with Gasteiger partial charge in [0.15, 0.2) is 0 Å². The minimum Gasteiger partial charge on any atom is -0.385 e. The number of methoxy groups -OCH3 is 1. The number of halogens is 1. The van der Waals surface area contributed by atoms with Crippen LogP contribution in [0.1, 0.15) is 12.0 Å². The highest BCUT2D eigenvalue weighted by atomic mass is 32.2. The second-order valence-electron chi connectivity index (χ2n) is 5.93. The molecule has 2 N–H and O–H groups in total. The zero-order chi connectivity index (χ0) is 19.7. The Morgan fingerprint density at radius 2 is 1.78 bits per heavy atom. The molecule has 1 unspecified atom stereocenters. The van der Waals surface area contributed by atoms with E-state index in [1.165, 1.54) is 12.1 Å². The maximum Gasteiger partial charge on any atom is 0.244 e. The average Bonchev–Trinajstić information content (AvgIpc) is 2.65. The van der Waals surface area contributed by atoms with Gasteiger partial charge in [0, 0.05) is 20.3 Å². The predicted octanol–water partition coefficient (Wildman–Crippen LogP) is 1.87. The van der Waals surface area contributed by atoms with Crippen LogP contribution in [0.3, 0.4) is 0 Å². The van der Waals surface area contributed by atoms with E-state index in [1.54, 1.807) is 31.4 Å². The summed E-state index contributed by atoms with van der Waals surface area (Å²) < 4.78 is 46.3. The molecule has 0 aliphatic carbocycles. The summed E-state index contributed by atoms with van der Waals surface area (Å²) >= 11 is 0. The van der Waals surface area contributed by atoms with Crippen LogP contribution in [0.2, 0.25) is 0 Å². The van der Waals surface area contributed by atoms with E-state index in [9.17, 15) is 17.6 Å². The summed E-state index contributed by atoms with van der Waals surface area (Å²) in [6.07, 6.45) is 0.741. The Balaban J connectivity index is 2.18.